The fourth-order valence-electron chi connectivity index (χ4n) is 2.11. The molecular formula is C13H20N2O3S2. The third-order valence-corrected chi connectivity index (χ3v) is 6.78. The lowest BCUT2D eigenvalue weighted by Crippen LogP contribution is -2.41. The number of hydrogen-bond donors (Lipinski definition) is 1. The monoisotopic (exact) mass is 316 g/mol. The molecule has 1 unspecified atom stereocenters. The van der Waals surface area contributed by atoms with Crippen LogP contribution in [0.25, 0.3) is 0 Å². The van der Waals surface area contributed by atoms with Crippen molar-refractivity contribution >= 4 is 20.8 Å². The molecule has 1 fully saturated rings. The van der Waals surface area contributed by atoms with Crippen LogP contribution in [0.3, 0.4) is 0 Å². The van der Waals surface area contributed by atoms with Crippen LogP contribution in [0.2, 0.25) is 0 Å². The minimum Gasteiger partial charge on any atom is -0.313 e. The lowest BCUT2D eigenvalue weighted by atomic mass is 10.1. The van der Waals surface area contributed by atoms with E-state index < -0.39 is 20.8 Å². The third kappa shape index (κ3) is 3.28. The smallest absolute Gasteiger partial charge is 0.243 e. The van der Waals surface area contributed by atoms with Gasteiger partial charge in [-0.3, -0.25) is 4.21 Å². The summed E-state index contributed by atoms with van der Waals surface area (Å²) in [5.74, 6) is 0.849. The molecule has 1 aliphatic heterocycles. The lowest BCUT2D eigenvalue weighted by Gasteiger charge is -2.25. The predicted octanol–water partition coefficient (Wildman–Crippen LogP) is 0.720. The van der Waals surface area contributed by atoms with E-state index in [4.69, 9.17) is 0 Å². The van der Waals surface area contributed by atoms with Gasteiger partial charge < -0.3 is 5.32 Å². The summed E-state index contributed by atoms with van der Waals surface area (Å²) < 4.78 is 37.6. The van der Waals surface area contributed by atoms with Crippen molar-refractivity contribution in [3.8, 4) is 0 Å². The van der Waals surface area contributed by atoms with E-state index in [0.717, 1.165) is 5.56 Å². The maximum absolute atomic E-state index is 12.5. The highest BCUT2D eigenvalue weighted by Crippen LogP contribution is 2.20. The Morgan fingerprint density at radius 2 is 1.75 bits per heavy atom. The van der Waals surface area contributed by atoms with Gasteiger partial charge in [-0.25, -0.2) is 8.42 Å². The van der Waals surface area contributed by atoms with E-state index in [2.05, 4.69) is 5.32 Å². The van der Waals surface area contributed by atoms with Crippen molar-refractivity contribution < 1.29 is 12.6 Å². The first-order valence-corrected chi connectivity index (χ1v) is 9.50. The van der Waals surface area contributed by atoms with Crippen molar-refractivity contribution in [2.75, 3.05) is 31.6 Å². The molecule has 0 amide bonds. The van der Waals surface area contributed by atoms with Gasteiger partial charge in [0.05, 0.1) is 4.90 Å². The Kier molecular flexibility index (Phi) is 4.95. The topological polar surface area (TPSA) is 66.5 Å². The van der Waals surface area contributed by atoms with Crippen molar-refractivity contribution in [2.24, 2.45) is 0 Å². The summed E-state index contributed by atoms with van der Waals surface area (Å²) in [6.45, 7) is 2.69. The molecule has 1 saturated heterocycles. The first-order chi connectivity index (χ1) is 9.45. The minimum absolute atomic E-state index is 0.184. The minimum atomic E-state index is -3.46. The number of rotatable bonds is 4. The average molecular weight is 316 g/mol. The van der Waals surface area contributed by atoms with Gasteiger partial charge in [-0.1, -0.05) is 12.1 Å². The lowest BCUT2D eigenvalue weighted by molar-refractivity contribution is 0.438. The Morgan fingerprint density at radius 3 is 2.25 bits per heavy atom. The van der Waals surface area contributed by atoms with Crippen LogP contribution in [-0.2, 0) is 20.8 Å². The molecule has 1 heterocycles. The van der Waals surface area contributed by atoms with E-state index in [0.29, 0.717) is 29.5 Å². The molecule has 0 aliphatic carbocycles. The molecule has 5 nitrogen and oxygen atoms in total. The van der Waals surface area contributed by atoms with Gasteiger partial charge >= 0.3 is 0 Å². The molecule has 1 N–H and O–H groups in total. The zero-order chi connectivity index (χ0) is 14.8. The predicted molar refractivity (Wildman–Crippen MR) is 80.6 cm³/mol. The van der Waals surface area contributed by atoms with Crippen LogP contribution in [0, 0.1) is 0 Å². The molecule has 1 aliphatic rings. The van der Waals surface area contributed by atoms with Crippen molar-refractivity contribution in [3.63, 3.8) is 0 Å². The van der Waals surface area contributed by atoms with Gasteiger partial charge in [0.1, 0.15) is 0 Å². The average Bonchev–Trinajstić information content (AvgIpc) is 2.47. The summed E-state index contributed by atoms with van der Waals surface area (Å²) in [7, 11) is -2.47. The van der Waals surface area contributed by atoms with E-state index in [9.17, 15) is 12.6 Å². The molecule has 0 radical (unpaired) electrons. The number of benzene rings is 1. The highest BCUT2D eigenvalue weighted by molar-refractivity contribution is 7.89. The fourth-order valence-corrected chi connectivity index (χ4v) is 4.83. The zero-order valence-electron chi connectivity index (χ0n) is 11.7. The fraction of sp³-hybridized carbons (Fsp3) is 0.538. The van der Waals surface area contributed by atoms with Gasteiger partial charge in [0.25, 0.3) is 0 Å². The van der Waals surface area contributed by atoms with Crippen molar-refractivity contribution in [3.05, 3.63) is 29.8 Å². The molecule has 0 aromatic heterocycles. The molecule has 0 saturated carbocycles. The molecular weight excluding hydrogens is 296 g/mol. The van der Waals surface area contributed by atoms with Crippen molar-refractivity contribution in [1.29, 1.82) is 0 Å². The van der Waals surface area contributed by atoms with E-state index in [1.54, 1.807) is 12.1 Å². The first-order valence-electron chi connectivity index (χ1n) is 6.57. The molecule has 7 heteroatoms. The number of sulfonamides is 1. The third-order valence-electron chi connectivity index (χ3n) is 3.59. The van der Waals surface area contributed by atoms with Gasteiger partial charge in [-0.05, 0) is 31.7 Å². The van der Waals surface area contributed by atoms with Crippen molar-refractivity contribution in [2.45, 2.75) is 17.9 Å². The normalized spacial score (nSPS) is 19.9. The van der Waals surface area contributed by atoms with Gasteiger partial charge in [0, 0.05) is 41.4 Å². The Balaban J connectivity index is 2.19. The number of nitrogens with zero attached hydrogens (tertiary/aromatic N) is 1. The summed E-state index contributed by atoms with van der Waals surface area (Å²) in [5.41, 5.74) is 1.05. The van der Waals surface area contributed by atoms with Gasteiger partial charge in [-0.15, -0.1) is 0 Å². The second-order valence-electron chi connectivity index (χ2n) is 4.83. The quantitative estimate of drug-likeness (QED) is 0.889. The summed E-state index contributed by atoms with van der Waals surface area (Å²) in [5, 5.41) is 3.11. The molecule has 1 aromatic rings. The standard InChI is InChI=1S/C13H20N2O3S2/c1-11(14-2)12-3-5-13(6-4-12)20(17,18)15-7-9-19(16)10-8-15/h3-6,11,14H,7-10H2,1-2H3. The number of hydrogen-bond acceptors (Lipinski definition) is 4. The Bertz CT molecular complexity index is 574. The Hall–Kier alpha value is -0.760. The van der Waals surface area contributed by atoms with Crippen LogP contribution in [0.15, 0.2) is 29.2 Å². The second kappa shape index (κ2) is 6.34. The molecule has 112 valence electrons. The van der Waals surface area contributed by atoms with Crippen LogP contribution < -0.4 is 5.32 Å². The second-order valence-corrected chi connectivity index (χ2v) is 8.47. The summed E-state index contributed by atoms with van der Waals surface area (Å²) in [6, 6.07) is 7.13. The summed E-state index contributed by atoms with van der Waals surface area (Å²) >= 11 is 0. The molecule has 20 heavy (non-hydrogen) atoms. The largest absolute Gasteiger partial charge is 0.313 e. The van der Waals surface area contributed by atoms with Crippen LogP contribution in [0.1, 0.15) is 18.5 Å². The van der Waals surface area contributed by atoms with E-state index in [1.807, 2.05) is 26.1 Å². The van der Waals surface area contributed by atoms with E-state index in [-0.39, 0.29) is 6.04 Å². The Morgan fingerprint density at radius 1 is 1.20 bits per heavy atom. The van der Waals surface area contributed by atoms with Gasteiger partial charge in [-0.2, -0.15) is 4.31 Å². The summed E-state index contributed by atoms with van der Waals surface area (Å²) in [4.78, 5) is 0.303. The molecule has 0 bridgehead atoms. The van der Waals surface area contributed by atoms with Gasteiger partial charge in [0.15, 0.2) is 0 Å². The molecule has 1 aromatic carbocycles. The van der Waals surface area contributed by atoms with Crippen LogP contribution in [-0.4, -0.2) is 48.6 Å². The molecule has 1 atom stereocenters. The number of nitrogens with one attached hydrogen (secondary N) is 1. The zero-order valence-corrected chi connectivity index (χ0v) is 13.3. The Labute approximate surface area is 122 Å². The molecule has 2 rings (SSSR count). The van der Waals surface area contributed by atoms with Crippen LogP contribution in [0.5, 0.6) is 0 Å². The van der Waals surface area contributed by atoms with Crippen LogP contribution in [0.4, 0.5) is 0 Å². The SMILES string of the molecule is CNC(C)c1ccc(S(=O)(=O)N2CCS(=O)CC2)cc1. The van der Waals surface area contributed by atoms with Crippen LogP contribution >= 0.6 is 0 Å². The first kappa shape index (κ1) is 15.6. The maximum Gasteiger partial charge on any atom is 0.243 e. The van der Waals surface area contributed by atoms with Gasteiger partial charge in [0.2, 0.25) is 10.0 Å². The van der Waals surface area contributed by atoms with E-state index in [1.165, 1.54) is 4.31 Å². The highest BCUT2D eigenvalue weighted by Gasteiger charge is 2.27. The van der Waals surface area contributed by atoms with Crippen molar-refractivity contribution in [1.82, 2.24) is 9.62 Å². The molecule has 0 spiro atoms. The van der Waals surface area contributed by atoms with E-state index >= 15 is 0 Å². The maximum atomic E-state index is 12.5. The summed E-state index contributed by atoms with van der Waals surface area (Å²) in [6.07, 6.45) is 0. The highest BCUT2D eigenvalue weighted by atomic mass is 32.2.